The first-order chi connectivity index (χ1) is 5.74. The van der Waals surface area contributed by atoms with Crippen LogP contribution in [0.2, 0.25) is 0 Å². The monoisotopic (exact) mass is 187 g/mol. The number of ketones is 1. The second-order valence-electron chi connectivity index (χ2n) is 3.46. The van der Waals surface area contributed by atoms with Crippen molar-refractivity contribution in [3.63, 3.8) is 0 Å². The third kappa shape index (κ3) is 2.79. The molecule has 2 nitrogen and oxygen atoms in total. The van der Waals surface area contributed by atoms with E-state index in [0.29, 0.717) is 11.7 Å². The van der Waals surface area contributed by atoms with Gasteiger partial charge in [0.15, 0.2) is 0 Å². The SMILES string of the molecule is CSCCC(=O)C1CCN(C)C1. The second kappa shape index (κ2) is 4.87. The molecule has 0 N–H and O–H groups in total. The van der Waals surface area contributed by atoms with Gasteiger partial charge in [-0.3, -0.25) is 4.79 Å². The Balaban J connectivity index is 2.23. The minimum Gasteiger partial charge on any atom is -0.306 e. The summed E-state index contributed by atoms with van der Waals surface area (Å²) in [6.45, 7) is 2.07. The molecule has 0 bridgehead atoms. The van der Waals surface area contributed by atoms with Gasteiger partial charge in [-0.2, -0.15) is 11.8 Å². The van der Waals surface area contributed by atoms with E-state index in [1.165, 1.54) is 0 Å². The first-order valence-corrected chi connectivity index (χ1v) is 5.83. The Labute approximate surface area is 78.7 Å². The lowest BCUT2D eigenvalue weighted by atomic mass is 10.0. The maximum Gasteiger partial charge on any atom is 0.138 e. The summed E-state index contributed by atoms with van der Waals surface area (Å²) in [4.78, 5) is 13.7. The predicted octanol–water partition coefficient (Wildman–Crippen LogP) is 1.26. The van der Waals surface area contributed by atoms with Crippen LogP contribution in [0.15, 0.2) is 0 Å². The molecule has 3 heteroatoms. The minimum absolute atomic E-state index is 0.335. The molecule has 1 saturated heterocycles. The molecule has 1 heterocycles. The van der Waals surface area contributed by atoms with Crippen LogP contribution in [0.25, 0.3) is 0 Å². The molecule has 0 aliphatic carbocycles. The number of nitrogens with zero attached hydrogens (tertiary/aromatic N) is 1. The molecule has 1 aliphatic rings. The predicted molar refractivity (Wildman–Crippen MR) is 53.6 cm³/mol. The summed E-state index contributed by atoms with van der Waals surface area (Å²) in [5.41, 5.74) is 0. The second-order valence-corrected chi connectivity index (χ2v) is 4.44. The van der Waals surface area contributed by atoms with Crippen molar-refractivity contribution in [2.75, 3.05) is 32.1 Å². The van der Waals surface area contributed by atoms with Crippen molar-refractivity contribution in [1.82, 2.24) is 4.90 Å². The van der Waals surface area contributed by atoms with Crippen LogP contribution in [0.5, 0.6) is 0 Å². The number of carbonyl (C=O) groups excluding carboxylic acids is 1. The van der Waals surface area contributed by atoms with Gasteiger partial charge in [0.05, 0.1) is 0 Å². The van der Waals surface area contributed by atoms with Crippen LogP contribution in [0, 0.1) is 5.92 Å². The van der Waals surface area contributed by atoms with Crippen molar-refractivity contribution in [3.05, 3.63) is 0 Å². The number of Topliss-reactive ketones (excluding diaryl/α,β-unsaturated/α-hetero) is 1. The summed E-state index contributed by atoms with van der Waals surface area (Å²) in [5.74, 6) is 1.79. The molecule has 0 amide bonds. The zero-order valence-electron chi connectivity index (χ0n) is 7.88. The maximum absolute atomic E-state index is 11.5. The van der Waals surface area contributed by atoms with Crippen molar-refractivity contribution in [2.45, 2.75) is 12.8 Å². The van der Waals surface area contributed by atoms with Crippen molar-refractivity contribution >= 4 is 17.5 Å². The van der Waals surface area contributed by atoms with E-state index in [-0.39, 0.29) is 0 Å². The quantitative estimate of drug-likeness (QED) is 0.661. The maximum atomic E-state index is 11.5. The summed E-state index contributed by atoms with van der Waals surface area (Å²) >= 11 is 1.76. The van der Waals surface area contributed by atoms with E-state index < -0.39 is 0 Å². The van der Waals surface area contributed by atoms with Gasteiger partial charge in [0.25, 0.3) is 0 Å². The van der Waals surface area contributed by atoms with Crippen molar-refractivity contribution in [2.24, 2.45) is 5.92 Å². The Morgan fingerprint density at radius 1 is 1.67 bits per heavy atom. The molecule has 1 unspecified atom stereocenters. The van der Waals surface area contributed by atoms with Crippen molar-refractivity contribution < 1.29 is 4.79 Å². The molecule has 0 aromatic heterocycles. The van der Waals surface area contributed by atoms with E-state index in [1.54, 1.807) is 11.8 Å². The van der Waals surface area contributed by atoms with Crippen LogP contribution in [-0.2, 0) is 4.79 Å². The summed E-state index contributed by atoms with van der Waals surface area (Å²) in [7, 11) is 2.09. The Morgan fingerprint density at radius 2 is 2.42 bits per heavy atom. The largest absolute Gasteiger partial charge is 0.306 e. The van der Waals surface area contributed by atoms with E-state index in [9.17, 15) is 4.79 Å². The highest BCUT2D eigenvalue weighted by Gasteiger charge is 2.24. The van der Waals surface area contributed by atoms with Gasteiger partial charge in [0.2, 0.25) is 0 Å². The number of hydrogen-bond donors (Lipinski definition) is 0. The number of likely N-dealkylation sites (tertiary alicyclic amines) is 1. The molecule has 1 aliphatic heterocycles. The molecule has 0 spiro atoms. The van der Waals surface area contributed by atoms with Crippen LogP contribution in [0.1, 0.15) is 12.8 Å². The molecule has 12 heavy (non-hydrogen) atoms. The topological polar surface area (TPSA) is 20.3 Å². The number of hydrogen-bond acceptors (Lipinski definition) is 3. The fourth-order valence-corrected chi connectivity index (χ4v) is 2.01. The lowest BCUT2D eigenvalue weighted by molar-refractivity contribution is -0.122. The van der Waals surface area contributed by atoms with E-state index in [0.717, 1.165) is 31.7 Å². The molecule has 1 fully saturated rings. The highest BCUT2D eigenvalue weighted by molar-refractivity contribution is 7.98. The summed E-state index contributed by atoms with van der Waals surface area (Å²) in [6.07, 6.45) is 3.89. The average molecular weight is 187 g/mol. The standard InChI is InChI=1S/C9H17NOS/c1-10-5-3-8(7-10)9(11)4-6-12-2/h8H,3-7H2,1-2H3. The van der Waals surface area contributed by atoms with Crippen LogP contribution in [0.4, 0.5) is 0 Å². The smallest absolute Gasteiger partial charge is 0.138 e. The molecule has 70 valence electrons. The lowest BCUT2D eigenvalue weighted by Gasteiger charge is -2.08. The molecular formula is C9H17NOS. The highest BCUT2D eigenvalue weighted by atomic mass is 32.2. The van der Waals surface area contributed by atoms with E-state index >= 15 is 0 Å². The highest BCUT2D eigenvalue weighted by Crippen LogP contribution is 2.17. The lowest BCUT2D eigenvalue weighted by Crippen LogP contribution is -2.19. The first-order valence-electron chi connectivity index (χ1n) is 4.44. The molecular weight excluding hydrogens is 170 g/mol. The van der Waals surface area contributed by atoms with Crippen LogP contribution in [-0.4, -0.2) is 42.8 Å². The van der Waals surface area contributed by atoms with E-state index in [1.807, 2.05) is 6.26 Å². The van der Waals surface area contributed by atoms with Gasteiger partial charge < -0.3 is 4.90 Å². The average Bonchev–Trinajstić information content (AvgIpc) is 2.47. The number of carbonyl (C=O) groups is 1. The third-order valence-corrected chi connectivity index (χ3v) is 3.01. The van der Waals surface area contributed by atoms with E-state index in [4.69, 9.17) is 0 Å². The third-order valence-electron chi connectivity index (χ3n) is 2.40. The zero-order chi connectivity index (χ0) is 8.97. The minimum atomic E-state index is 0.335. The summed E-state index contributed by atoms with van der Waals surface area (Å²) in [6, 6.07) is 0. The molecule has 0 aromatic carbocycles. The van der Waals surface area contributed by atoms with Gasteiger partial charge in [-0.05, 0) is 32.0 Å². The molecule has 0 radical (unpaired) electrons. The van der Waals surface area contributed by atoms with Gasteiger partial charge >= 0.3 is 0 Å². The van der Waals surface area contributed by atoms with Crippen molar-refractivity contribution in [1.29, 1.82) is 0 Å². The zero-order valence-corrected chi connectivity index (χ0v) is 8.69. The van der Waals surface area contributed by atoms with Gasteiger partial charge in [0, 0.05) is 18.9 Å². The van der Waals surface area contributed by atoms with Crippen LogP contribution >= 0.6 is 11.8 Å². The molecule has 1 rings (SSSR count). The van der Waals surface area contributed by atoms with Crippen LogP contribution < -0.4 is 0 Å². The Kier molecular flexibility index (Phi) is 4.09. The number of thioether (sulfide) groups is 1. The van der Waals surface area contributed by atoms with Gasteiger partial charge in [-0.25, -0.2) is 0 Å². The summed E-state index contributed by atoms with van der Waals surface area (Å²) in [5, 5.41) is 0. The Hall–Kier alpha value is -0.0200. The molecule has 0 saturated carbocycles. The normalized spacial score (nSPS) is 24.7. The van der Waals surface area contributed by atoms with Gasteiger partial charge in [-0.15, -0.1) is 0 Å². The fourth-order valence-electron chi connectivity index (χ4n) is 1.60. The van der Waals surface area contributed by atoms with Crippen molar-refractivity contribution in [3.8, 4) is 0 Å². The van der Waals surface area contributed by atoms with Gasteiger partial charge in [-0.1, -0.05) is 0 Å². The fraction of sp³-hybridized carbons (Fsp3) is 0.889. The number of rotatable bonds is 4. The first kappa shape index (κ1) is 10.1. The van der Waals surface area contributed by atoms with Gasteiger partial charge in [0.1, 0.15) is 5.78 Å². The summed E-state index contributed by atoms with van der Waals surface area (Å²) < 4.78 is 0. The van der Waals surface area contributed by atoms with Crippen LogP contribution in [0.3, 0.4) is 0 Å². The Bertz CT molecular complexity index is 161. The van der Waals surface area contributed by atoms with E-state index in [2.05, 4.69) is 11.9 Å². The molecule has 0 aromatic rings. The Morgan fingerprint density at radius 3 is 2.92 bits per heavy atom. The molecule has 1 atom stereocenters.